The average Bonchev–Trinajstić information content (AvgIpc) is 2.86. The van der Waals surface area contributed by atoms with Gasteiger partial charge < -0.3 is 21.6 Å². The van der Waals surface area contributed by atoms with Gasteiger partial charge in [0.1, 0.15) is 5.00 Å². The van der Waals surface area contributed by atoms with Crippen molar-refractivity contribution in [2.75, 3.05) is 18.0 Å². The van der Waals surface area contributed by atoms with E-state index >= 15 is 0 Å². The van der Waals surface area contributed by atoms with Crippen molar-refractivity contribution >= 4 is 22.0 Å². The van der Waals surface area contributed by atoms with E-state index in [1.54, 1.807) is 11.3 Å². The Morgan fingerprint density at radius 2 is 2.07 bits per heavy atom. The van der Waals surface area contributed by atoms with E-state index in [2.05, 4.69) is 48.2 Å². The Balaban J connectivity index is 1.99. The summed E-state index contributed by atoms with van der Waals surface area (Å²) in [7, 11) is 0. The Morgan fingerprint density at radius 1 is 1.36 bits per heavy atom. The van der Waals surface area contributed by atoms with Crippen molar-refractivity contribution in [3.63, 3.8) is 0 Å². The third-order valence-electron chi connectivity index (χ3n) is 4.82. The maximum absolute atomic E-state index is 8.59. The van der Waals surface area contributed by atoms with Crippen LogP contribution in [0.4, 0.5) is 5.00 Å². The SMILES string of the molecule is Cc1sc2c(c1C)C(c1ccc(C#CCCNO)cc1)=NCC(N)N2C(C)N. The summed E-state index contributed by atoms with van der Waals surface area (Å²) in [5.74, 6) is 6.13. The van der Waals surface area contributed by atoms with E-state index in [4.69, 9.17) is 21.7 Å². The number of hydrogen-bond donors (Lipinski definition) is 4. The maximum Gasteiger partial charge on any atom is 0.103 e. The predicted octanol–water partition coefficient (Wildman–Crippen LogP) is 2.33. The van der Waals surface area contributed by atoms with Gasteiger partial charge in [-0.2, -0.15) is 0 Å². The normalized spacial score (nSPS) is 17.3. The second-order valence-electron chi connectivity index (χ2n) is 6.91. The van der Waals surface area contributed by atoms with Crippen LogP contribution in [0.1, 0.15) is 40.5 Å². The second kappa shape index (κ2) is 8.86. The first-order valence-electron chi connectivity index (χ1n) is 9.34. The van der Waals surface area contributed by atoms with Crippen molar-refractivity contribution in [2.45, 2.75) is 39.5 Å². The van der Waals surface area contributed by atoms with E-state index < -0.39 is 0 Å². The van der Waals surface area contributed by atoms with Gasteiger partial charge in [0.2, 0.25) is 0 Å². The number of hydrogen-bond acceptors (Lipinski definition) is 7. The number of anilines is 1. The molecule has 6 nitrogen and oxygen atoms in total. The summed E-state index contributed by atoms with van der Waals surface area (Å²) in [6.45, 7) is 7.16. The molecule has 0 saturated carbocycles. The van der Waals surface area contributed by atoms with Crippen LogP contribution in [-0.2, 0) is 0 Å². The molecule has 3 rings (SSSR count). The van der Waals surface area contributed by atoms with Crippen LogP contribution in [0.15, 0.2) is 29.3 Å². The van der Waals surface area contributed by atoms with Crippen molar-refractivity contribution < 1.29 is 5.21 Å². The van der Waals surface area contributed by atoms with Crippen molar-refractivity contribution in [1.82, 2.24) is 5.48 Å². The molecule has 0 fully saturated rings. The Morgan fingerprint density at radius 3 is 2.71 bits per heavy atom. The van der Waals surface area contributed by atoms with E-state index in [9.17, 15) is 0 Å². The lowest BCUT2D eigenvalue weighted by Gasteiger charge is -2.31. The average molecular weight is 398 g/mol. The maximum atomic E-state index is 8.59. The zero-order valence-corrected chi connectivity index (χ0v) is 17.3. The van der Waals surface area contributed by atoms with E-state index in [-0.39, 0.29) is 12.3 Å². The summed E-state index contributed by atoms with van der Waals surface area (Å²) in [5.41, 5.74) is 20.0. The van der Waals surface area contributed by atoms with Crippen LogP contribution in [0, 0.1) is 25.7 Å². The van der Waals surface area contributed by atoms with E-state index in [1.165, 1.54) is 10.4 Å². The monoisotopic (exact) mass is 397 g/mol. The third-order valence-corrected chi connectivity index (χ3v) is 6.04. The van der Waals surface area contributed by atoms with Gasteiger partial charge in [0.15, 0.2) is 0 Å². The molecule has 0 bridgehead atoms. The minimum absolute atomic E-state index is 0.188. The molecule has 2 unspecified atom stereocenters. The molecule has 6 N–H and O–H groups in total. The van der Waals surface area contributed by atoms with Gasteiger partial charge in [-0.15, -0.1) is 11.3 Å². The van der Waals surface area contributed by atoms with Gasteiger partial charge in [-0.05, 0) is 38.5 Å². The zero-order valence-electron chi connectivity index (χ0n) is 16.5. The fraction of sp³-hybridized carbons (Fsp3) is 0.381. The van der Waals surface area contributed by atoms with Crippen molar-refractivity contribution in [1.29, 1.82) is 0 Å². The molecular formula is C21H27N5OS. The van der Waals surface area contributed by atoms with Crippen LogP contribution in [0.2, 0.25) is 0 Å². The number of aryl methyl sites for hydroxylation is 1. The van der Waals surface area contributed by atoms with Gasteiger partial charge in [0.05, 0.1) is 24.6 Å². The largest absolute Gasteiger partial charge is 0.331 e. The molecule has 1 aromatic carbocycles. The number of fused-ring (bicyclic) bond motifs is 1. The Kier molecular flexibility index (Phi) is 6.50. The summed E-state index contributed by atoms with van der Waals surface area (Å²) in [4.78, 5) is 8.19. The molecule has 2 aromatic rings. The summed E-state index contributed by atoms with van der Waals surface area (Å²) < 4.78 is 0. The molecule has 1 aliphatic heterocycles. The van der Waals surface area contributed by atoms with Crippen LogP contribution in [0.5, 0.6) is 0 Å². The van der Waals surface area contributed by atoms with E-state index in [0.717, 1.165) is 27.4 Å². The molecule has 1 aliphatic rings. The molecule has 0 saturated heterocycles. The Bertz CT molecular complexity index is 921. The number of rotatable bonds is 4. The number of hydroxylamine groups is 1. The molecule has 0 radical (unpaired) electrons. The van der Waals surface area contributed by atoms with Crippen LogP contribution in [-0.4, -0.2) is 36.3 Å². The summed E-state index contributed by atoms with van der Waals surface area (Å²) in [5, 5.41) is 9.68. The molecule has 1 aromatic heterocycles. The summed E-state index contributed by atoms with van der Waals surface area (Å²) >= 11 is 1.72. The van der Waals surface area contributed by atoms with Gasteiger partial charge in [-0.1, -0.05) is 24.0 Å². The van der Waals surface area contributed by atoms with Gasteiger partial charge in [0.25, 0.3) is 0 Å². The predicted molar refractivity (Wildman–Crippen MR) is 116 cm³/mol. The zero-order chi connectivity index (χ0) is 20.3. The van der Waals surface area contributed by atoms with Crippen molar-refractivity contribution in [2.24, 2.45) is 16.5 Å². The summed E-state index contributed by atoms with van der Waals surface area (Å²) in [6.07, 6.45) is 0.151. The molecule has 0 amide bonds. The molecule has 0 spiro atoms. The first-order valence-corrected chi connectivity index (χ1v) is 10.2. The highest BCUT2D eigenvalue weighted by molar-refractivity contribution is 7.16. The number of benzene rings is 1. The quantitative estimate of drug-likeness (QED) is 0.360. The van der Waals surface area contributed by atoms with Crippen LogP contribution >= 0.6 is 11.3 Å². The number of nitrogens with zero attached hydrogens (tertiary/aromatic N) is 2. The standard InChI is InChI=1S/C21H27N5OS/c1-13-14(2)28-21-19(13)20(24-12-18(23)26(21)15(3)22)17-9-7-16(8-10-17)6-4-5-11-25-27/h7-10,15,18,25,27H,5,11-12,22-23H2,1-3H3. The fourth-order valence-corrected chi connectivity index (χ4v) is 4.59. The fourth-order valence-electron chi connectivity index (χ4n) is 3.29. The molecule has 2 atom stereocenters. The number of aliphatic imine (C=N–C) groups is 1. The molecule has 28 heavy (non-hydrogen) atoms. The number of nitrogens with two attached hydrogens (primary N) is 2. The minimum atomic E-state index is -0.251. The van der Waals surface area contributed by atoms with Gasteiger partial charge in [-0.25, -0.2) is 5.48 Å². The van der Waals surface area contributed by atoms with Crippen molar-refractivity contribution in [3.8, 4) is 11.8 Å². The van der Waals surface area contributed by atoms with Crippen LogP contribution in [0.25, 0.3) is 0 Å². The first kappa shape index (κ1) is 20.5. The highest BCUT2D eigenvalue weighted by Gasteiger charge is 2.30. The highest BCUT2D eigenvalue weighted by atomic mass is 32.1. The third kappa shape index (κ3) is 4.12. The van der Waals surface area contributed by atoms with Gasteiger partial charge in [0, 0.05) is 34.5 Å². The van der Waals surface area contributed by atoms with E-state index in [0.29, 0.717) is 19.5 Å². The van der Waals surface area contributed by atoms with Crippen LogP contribution < -0.4 is 21.8 Å². The van der Waals surface area contributed by atoms with E-state index in [1.807, 2.05) is 19.1 Å². The Labute approximate surface area is 170 Å². The summed E-state index contributed by atoms with van der Waals surface area (Å²) in [6, 6.07) is 8.10. The molecule has 7 heteroatoms. The number of thiophene rings is 1. The molecule has 0 aliphatic carbocycles. The lowest BCUT2D eigenvalue weighted by molar-refractivity contribution is 0.169. The molecule has 148 valence electrons. The van der Waals surface area contributed by atoms with Gasteiger partial charge >= 0.3 is 0 Å². The Hall–Kier alpha value is -2.21. The first-order chi connectivity index (χ1) is 13.4. The molecule has 2 heterocycles. The van der Waals surface area contributed by atoms with Crippen molar-refractivity contribution in [3.05, 3.63) is 51.4 Å². The lowest BCUT2D eigenvalue weighted by Crippen LogP contribution is -2.52. The van der Waals surface area contributed by atoms with Gasteiger partial charge in [-0.3, -0.25) is 4.99 Å². The number of nitrogens with one attached hydrogen (secondary N) is 1. The molecular weight excluding hydrogens is 370 g/mol. The minimum Gasteiger partial charge on any atom is -0.331 e. The topological polar surface area (TPSA) is 99.9 Å². The lowest BCUT2D eigenvalue weighted by atomic mass is 9.99. The smallest absolute Gasteiger partial charge is 0.103 e. The second-order valence-corrected chi connectivity index (χ2v) is 8.11. The van der Waals surface area contributed by atoms with Crippen LogP contribution in [0.3, 0.4) is 0 Å². The highest BCUT2D eigenvalue weighted by Crippen LogP contribution is 2.39.